The number of para-hydroxylation sites is 1. The lowest BCUT2D eigenvalue weighted by atomic mass is 10.1. The number of morpholine rings is 1. The van der Waals surface area contributed by atoms with Crippen molar-refractivity contribution >= 4 is 16.9 Å². The SMILES string of the molecule is Cc1nc(C2CN(C(=O)NCCc3nn(C)c4ccccc34)CCO2)no1. The molecule has 1 unspecified atom stereocenters. The summed E-state index contributed by atoms with van der Waals surface area (Å²) in [6.45, 7) is 3.62. The van der Waals surface area contributed by atoms with Crippen molar-refractivity contribution < 1.29 is 14.1 Å². The van der Waals surface area contributed by atoms with Crippen LogP contribution in [0.1, 0.15) is 23.5 Å². The number of nitrogens with zero attached hydrogens (tertiary/aromatic N) is 5. The second-order valence-corrected chi connectivity index (χ2v) is 6.55. The Kier molecular flexibility index (Phi) is 4.76. The number of fused-ring (bicyclic) bond motifs is 1. The van der Waals surface area contributed by atoms with E-state index in [2.05, 4.69) is 26.6 Å². The van der Waals surface area contributed by atoms with Crippen molar-refractivity contribution in [3.05, 3.63) is 41.7 Å². The first-order valence-electron chi connectivity index (χ1n) is 8.97. The number of benzene rings is 1. The Hall–Kier alpha value is -2.94. The first-order chi connectivity index (χ1) is 13.1. The lowest BCUT2D eigenvalue weighted by Crippen LogP contribution is -2.47. The molecule has 27 heavy (non-hydrogen) atoms. The second-order valence-electron chi connectivity index (χ2n) is 6.55. The van der Waals surface area contributed by atoms with Crippen LogP contribution in [0.25, 0.3) is 10.9 Å². The minimum Gasteiger partial charge on any atom is -0.366 e. The van der Waals surface area contributed by atoms with E-state index in [0.29, 0.717) is 44.4 Å². The number of hydrogen-bond donors (Lipinski definition) is 1. The standard InChI is InChI=1S/C18H22N6O3/c1-12-20-17(22-27-12)16-11-24(9-10-26-16)18(25)19-8-7-14-13-5-3-4-6-15(13)23(2)21-14/h3-6,16H,7-11H2,1-2H3,(H,19,25). The summed E-state index contributed by atoms with van der Waals surface area (Å²) in [4.78, 5) is 18.4. The van der Waals surface area contributed by atoms with Gasteiger partial charge in [-0.25, -0.2) is 4.79 Å². The molecule has 9 heteroatoms. The number of amides is 2. The van der Waals surface area contributed by atoms with Gasteiger partial charge in [-0.05, 0) is 6.07 Å². The van der Waals surface area contributed by atoms with Gasteiger partial charge in [0.25, 0.3) is 0 Å². The normalized spacial score (nSPS) is 17.4. The minimum absolute atomic E-state index is 0.122. The summed E-state index contributed by atoms with van der Waals surface area (Å²) < 4.78 is 12.5. The van der Waals surface area contributed by atoms with Crippen LogP contribution in [0.5, 0.6) is 0 Å². The maximum atomic E-state index is 12.5. The van der Waals surface area contributed by atoms with Crippen LogP contribution in [0.15, 0.2) is 28.8 Å². The number of nitrogens with one attached hydrogen (secondary N) is 1. The van der Waals surface area contributed by atoms with Crippen LogP contribution in [-0.4, -0.2) is 57.1 Å². The molecule has 3 aromatic rings. The highest BCUT2D eigenvalue weighted by molar-refractivity contribution is 5.82. The van der Waals surface area contributed by atoms with Crippen LogP contribution >= 0.6 is 0 Å². The Balaban J connectivity index is 1.33. The zero-order valence-electron chi connectivity index (χ0n) is 15.4. The molecule has 0 radical (unpaired) electrons. The molecule has 3 heterocycles. The molecule has 0 aliphatic carbocycles. The van der Waals surface area contributed by atoms with Gasteiger partial charge >= 0.3 is 6.03 Å². The van der Waals surface area contributed by atoms with E-state index in [1.54, 1.807) is 11.8 Å². The number of aryl methyl sites for hydroxylation is 2. The van der Waals surface area contributed by atoms with Gasteiger partial charge in [-0.15, -0.1) is 0 Å². The molecular weight excluding hydrogens is 348 g/mol. The Bertz CT molecular complexity index is 950. The van der Waals surface area contributed by atoms with Gasteiger partial charge in [0.05, 0.1) is 24.4 Å². The number of carbonyl (C=O) groups excluding carboxylic acids is 1. The molecule has 2 aromatic heterocycles. The molecule has 4 rings (SSSR count). The van der Waals surface area contributed by atoms with E-state index < -0.39 is 0 Å². The minimum atomic E-state index is -0.360. The lowest BCUT2D eigenvalue weighted by Gasteiger charge is -2.31. The van der Waals surface area contributed by atoms with E-state index >= 15 is 0 Å². The Morgan fingerprint density at radius 2 is 2.22 bits per heavy atom. The topological polar surface area (TPSA) is 98.3 Å². The largest absolute Gasteiger partial charge is 0.366 e. The summed E-state index contributed by atoms with van der Waals surface area (Å²) in [6.07, 6.45) is 0.312. The summed E-state index contributed by atoms with van der Waals surface area (Å²) in [5.74, 6) is 0.961. The lowest BCUT2D eigenvalue weighted by molar-refractivity contribution is -0.0208. The van der Waals surface area contributed by atoms with Crippen LogP contribution in [0.3, 0.4) is 0 Å². The smallest absolute Gasteiger partial charge is 0.317 e. The van der Waals surface area contributed by atoms with Crippen molar-refractivity contribution in [3.63, 3.8) is 0 Å². The van der Waals surface area contributed by atoms with E-state index in [9.17, 15) is 4.79 Å². The first kappa shape index (κ1) is 17.5. The molecule has 1 aromatic carbocycles. The van der Waals surface area contributed by atoms with Gasteiger partial charge in [0.15, 0.2) is 0 Å². The van der Waals surface area contributed by atoms with Gasteiger partial charge in [0.2, 0.25) is 11.7 Å². The fourth-order valence-electron chi connectivity index (χ4n) is 3.31. The van der Waals surface area contributed by atoms with Crippen LogP contribution in [-0.2, 0) is 18.2 Å². The van der Waals surface area contributed by atoms with Crippen LogP contribution in [0.2, 0.25) is 0 Å². The van der Waals surface area contributed by atoms with E-state index in [0.717, 1.165) is 16.6 Å². The fourth-order valence-corrected chi connectivity index (χ4v) is 3.31. The van der Waals surface area contributed by atoms with E-state index in [-0.39, 0.29) is 12.1 Å². The molecule has 2 amide bonds. The van der Waals surface area contributed by atoms with Crippen LogP contribution < -0.4 is 5.32 Å². The monoisotopic (exact) mass is 370 g/mol. The van der Waals surface area contributed by atoms with Gasteiger partial charge in [-0.2, -0.15) is 10.1 Å². The number of rotatable bonds is 4. The highest BCUT2D eigenvalue weighted by Gasteiger charge is 2.28. The molecule has 142 valence electrons. The Morgan fingerprint density at radius 3 is 3.04 bits per heavy atom. The predicted molar refractivity (Wildman–Crippen MR) is 97.1 cm³/mol. The van der Waals surface area contributed by atoms with Crippen LogP contribution in [0, 0.1) is 6.92 Å². The van der Waals surface area contributed by atoms with Crippen molar-refractivity contribution in [2.75, 3.05) is 26.2 Å². The second kappa shape index (κ2) is 7.36. The molecule has 1 saturated heterocycles. The predicted octanol–water partition coefficient (Wildman–Crippen LogP) is 1.59. The third-order valence-electron chi connectivity index (χ3n) is 4.66. The number of urea groups is 1. The van der Waals surface area contributed by atoms with Gasteiger partial charge in [0, 0.05) is 38.9 Å². The number of aromatic nitrogens is 4. The summed E-state index contributed by atoms with van der Waals surface area (Å²) in [7, 11) is 1.93. The molecule has 1 aliphatic rings. The van der Waals surface area contributed by atoms with Gasteiger partial charge in [-0.3, -0.25) is 4.68 Å². The molecule has 9 nitrogen and oxygen atoms in total. The highest BCUT2D eigenvalue weighted by atomic mass is 16.5. The average Bonchev–Trinajstić information content (AvgIpc) is 3.26. The van der Waals surface area contributed by atoms with Gasteiger partial charge in [0.1, 0.15) is 6.10 Å². The molecular formula is C18H22N6O3. The zero-order valence-corrected chi connectivity index (χ0v) is 15.4. The van der Waals surface area contributed by atoms with Crippen molar-refractivity contribution in [2.24, 2.45) is 7.05 Å². The van der Waals surface area contributed by atoms with E-state index in [4.69, 9.17) is 9.26 Å². The molecule has 0 bridgehead atoms. The molecule has 1 aliphatic heterocycles. The molecule has 1 atom stereocenters. The quantitative estimate of drug-likeness (QED) is 0.749. The average molecular weight is 370 g/mol. The molecule has 0 spiro atoms. The van der Waals surface area contributed by atoms with Crippen molar-refractivity contribution in [1.82, 2.24) is 30.1 Å². The van der Waals surface area contributed by atoms with Gasteiger partial charge in [-0.1, -0.05) is 23.4 Å². The third-order valence-corrected chi connectivity index (χ3v) is 4.66. The van der Waals surface area contributed by atoms with Crippen molar-refractivity contribution in [1.29, 1.82) is 0 Å². The summed E-state index contributed by atoms with van der Waals surface area (Å²) >= 11 is 0. The number of ether oxygens (including phenoxy) is 1. The third kappa shape index (κ3) is 3.63. The van der Waals surface area contributed by atoms with Crippen molar-refractivity contribution in [3.8, 4) is 0 Å². The summed E-state index contributed by atoms with van der Waals surface area (Å²) in [6, 6.07) is 7.97. The Labute approximate surface area is 156 Å². The summed E-state index contributed by atoms with van der Waals surface area (Å²) in [5, 5.41) is 12.5. The first-order valence-corrected chi connectivity index (χ1v) is 8.97. The van der Waals surface area contributed by atoms with Gasteiger partial charge < -0.3 is 19.5 Å². The highest BCUT2D eigenvalue weighted by Crippen LogP contribution is 2.20. The number of hydrogen-bond acceptors (Lipinski definition) is 6. The maximum Gasteiger partial charge on any atom is 0.317 e. The fraction of sp³-hybridized carbons (Fsp3) is 0.444. The molecule has 1 fully saturated rings. The molecule has 1 N–H and O–H groups in total. The summed E-state index contributed by atoms with van der Waals surface area (Å²) in [5.41, 5.74) is 2.07. The van der Waals surface area contributed by atoms with E-state index in [1.807, 2.05) is 29.9 Å². The zero-order chi connectivity index (χ0) is 18.8. The van der Waals surface area contributed by atoms with Crippen molar-refractivity contribution in [2.45, 2.75) is 19.4 Å². The Morgan fingerprint density at radius 1 is 1.37 bits per heavy atom. The molecule has 0 saturated carbocycles. The maximum absolute atomic E-state index is 12.5. The van der Waals surface area contributed by atoms with Crippen LogP contribution in [0.4, 0.5) is 4.79 Å². The van der Waals surface area contributed by atoms with E-state index in [1.165, 1.54) is 0 Å². The number of carbonyl (C=O) groups is 1.